The van der Waals surface area contributed by atoms with Crippen molar-refractivity contribution < 1.29 is 10.2 Å². The van der Waals surface area contributed by atoms with Gasteiger partial charge in [0.2, 0.25) is 11.9 Å². The Morgan fingerprint density at radius 2 is 1.56 bits per heavy atom. The fraction of sp³-hybridized carbons (Fsp3) is 0.545. The van der Waals surface area contributed by atoms with Crippen LogP contribution in [0.3, 0.4) is 0 Å². The minimum absolute atomic E-state index is 0.00482. The summed E-state index contributed by atoms with van der Waals surface area (Å²) in [6.45, 7) is 6.56. The molecule has 0 radical (unpaired) electrons. The summed E-state index contributed by atoms with van der Waals surface area (Å²) in [5.41, 5.74) is 0.802. The van der Waals surface area contributed by atoms with E-state index in [2.05, 4.69) is 32.2 Å². The number of nitrogens with one attached hydrogen (secondary N) is 2. The highest BCUT2D eigenvalue weighted by Gasteiger charge is 2.07. The molecule has 7 nitrogen and oxygen atoms in total. The van der Waals surface area contributed by atoms with Gasteiger partial charge in [0.05, 0.1) is 13.2 Å². The van der Waals surface area contributed by atoms with Gasteiger partial charge in [-0.25, -0.2) is 0 Å². The minimum Gasteiger partial charge on any atom is -0.395 e. The van der Waals surface area contributed by atoms with Gasteiger partial charge in [-0.1, -0.05) is 13.5 Å². The zero-order chi connectivity index (χ0) is 13.4. The Kier molecular flexibility index (Phi) is 6.03. The monoisotopic (exact) mass is 253 g/mol. The van der Waals surface area contributed by atoms with Gasteiger partial charge >= 0.3 is 0 Å². The zero-order valence-corrected chi connectivity index (χ0v) is 10.5. The van der Waals surface area contributed by atoms with Crippen LogP contribution < -0.4 is 10.6 Å². The van der Waals surface area contributed by atoms with Crippen LogP contribution in [-0.2, 0) is 0 Å². The second-order valence-corrected chi connectivity index (χ2v) is 3.56. The average Bonchev–Trinajstić information content (AvgIpc) is 2.41. The highest BCUT2D eigenvalue weighted by atomic mass is 16.3. The van der Waals surface area contributed by atoms with Crippen molar-refractivity contribution in [2.75, 3.05) is 36.9 Å². The van der Waals surface area contributed by atoms with E-state index in [1.54, 1.807) is 0 Å². The molecular weight excluding hydrogens is 234 g/mol. The lowest BCUT2D eigenvalue weighted by Crippen LogP contribution is -2.14. The molecule has 7 heteroatoms. The van der Waals surface area contributed by atoms with Crippen LogP contribution in [0.4, 0.5) is 11.9 Å². The highest BCUT2D eigenvalue weighted by Crippen LogP contribution is 2.14. The summed E-state index contributed by atoms with van der Waals surface area (Å²) in [5, 5.41) is 23.3. The molecule has 4 N–H and O–H groups in total. The first-order chi connectivity index (χ1) is 8.71. The number of anilines is 2. The maximum Gasteiger partial charge on any atom is 0.228 e. The summed E-state index contributed by atoms with van der Waals surface area (Å²) in [6, 6.07) is 0. The Bertz CT molecular complexity index is 371. The zero-order valence-electron chi connectivity index (χ0n) is 10.5. The molecule has 0 fully saturated rings. The van der Waals surface area contributed by atoms with Crippen molar-refractivity contribution in [1.82, 2.24) is 15.0 Å². The van der Waals surface area contributed by atoms with Crippen LogP contribution in [-0.4, -0.2) is 51.5 Å². The van der Waals surface area contributed by atoms with E-state index in [1.165, 1.54) is 0 Å². The number of nitrogens with zero attached hydrogens (tertiary/aromatic N) is 3. The standard InChI is InChI=1S/C11H19N5O2/c1-3-8(2)9-14-10(12-4-6-17)16-11(15-9)13-5-7-18/h17-18H,2-7H2,1H3,(H2,12,13,14,15,16). The third-order valence-corrected chi connectivity index (χ3v) is 2.17. The third-order valence-electron chi connectivity index (χ3n) is 2.17. The number of rotatable bonds is 8. The van der Waals surface area contributed by atoms with Gasteiger partial charge in [0.15, 0.2) is 5.82 Å². The van der Waals surface area contributed by atoms with Crippen molar-refractivity contribution >= 4 is 17.5 Å². The number of aliphatic hydroxyl groups is 2. The van der Waals surface area contributed by atoms with Crippen LogP contribution in [0.5, 0.6) is 0 Å². The molecule has 1 aromatic heterocycles. The lowest BCUT2D eigenvalue weighted by Gasteiger charge is -2.09. The van der Waals surface area contributed by atoms with E-state index in [0.29, 0.717) is 30.8 Å². The molecule has 100 valence electrons. The minimum atomic E-state index is -0.00482. The largest absolute Gasteiger partial charge is 0.395 e. The molecule has 0 aromatic carbocycles. The molecule has 1 heterocycles. The maximum atomic E-state index is 8.76. The van der Waals surface area contributed by atoms with E-state index < -0.39 is 0 Å². The summed E-state index contributed by atoms with van der Waals surface area (Å²) in [7, 11) is 0. The molecule has 1 rings (SSSR count). The molecule has 0 aliphatic carbocycles. The lowest BCUT2D eigenvalue weighted by atomic mass is 10.2. The molecule has 0 aliphatic heterocycles. The van der Waals surface area contributed by atoms with E-state index >= 15 is 0 Å². The summed E-state index contributed by atoms with van der Waals surface area (Å²) >= 11 is 0. The Labute approximate surface area is 106 Å². The molecule has 0 saturated carbocycles. The second-order valence-electron chi connectivity index (χ2n) is 3.56. The molecule has 0 amide bonds. The predicted octanol–water partition coefficient (Wildman–Crippen LogP) is 0.103. The van der Waals surface area contributed by atoms with E-state index in [1.807, 2.05) is 6.92 Å². The van der Waals surface area contributed by atoms with Crippen molar-refractivity contribution in [3.8, 4) is 0 Å². The van der Waals surface area contributed by atoms with Crippen molar-refractivity contribution in [1.29, 1.82) is 0 Å². The van der Waals surface area contributed by atoms with Crippen LogP contribution >= 0.6 is 0 Å². The predicted molar refractivity (Wildman–Crippen MR) is 70.3 cm³/mol. The van der Waals surface area contributed by atoms with Gasteiger partial charge < -0.3 is 20.8 Å². The highest BCUT2D eigenvalue weighted by molar-refractivity contribution is 5.58. The fourth-order valence-corrected chi connectivity index (χ4v) is 1.19. The Morgan fingerprint density at radius 1 is 1.06 bits per heavy atom. The molecular formula is C11H19N5O2. The van der Waals surface area contributed by atoms with E-state index in [4.69, 9.17) is 10.2 Å². The Balaban J connectivity index is 2.91. The van der Waals surface area contributed by atoms with Crippen LogP contribution in [0, 0.1) is 0 Å². The van der Waals surface area contributed by atoms with Gasteiger partial charge in [0.25, 0.3) is 0 Å². The van der Waals surface area contributed by atoms with Crippen LogP contribution in [0.1, 0.15) is 19.2 Å². The normalized spacial score (nSPS) is 10.2. The first kappa shape index (κ1) is 14.3. The second kappa shape index (κ2) is 7.57. The maximum absolute atomic E-state index is 8.76. The molecule has 0 aliphatic rings. The third kappa shape index (κ3) is 4.27. The van der Waals surface area contributed by atoms with Crippen LogP contribution in [0.2, 0.25) is 0 Å². The topological polar surface area (TPSA) is 103 Å². The van der Waals surface area contributed by atoms with Crippen molar-refractivity contribution in [2.24, 2.45) is 0 Å². The van der Waals surface area contributed by atoms with Crippen LogP contribution in [0.15, 0.2) is 6.58 Å². The number of hydrogen-bond donors (Lipinski definition) is 4. The first-order valence-corrected chi connectivity index (χ1v) is 5.85. The molecule has 0 saturated heterocycles. The summed E-state index contributed by atoms with van der Waals surface area (Å²) in [4.78, 5) is 12.5. The van der Waals surface area contributed by atoms with Crippen molar-refractivity contribution in [3.05, 3.63) is 12.4 Å². The summed E-state index contributed by atoms with van der Waals surface area (Å²) in [6.07, 6.45) is 0.739. The first-order valence-electron chi connectivity index (χ1n) is 5.85. The Morgan fingerprint density at radius 3 is 1.94 bits per heavy atom. The average molecular weight is 253 g/mol. The van der Waals surface area contributed by atoms with Gasteiger partial charge in [-0.15, -0.1) is 0 Å². The van der Waals surface area contributed by atoms with Crippen molar-refractivity contribution in [3.63, 3.8) is 0 Å². The molecule has 0 atom stereocenters. The van der Waals surface area contributed by atoms with E-state index in [0.717, 1.165) is 12.0 Å². The SMILES string of the molecule is C=C(CC)c1nc(NCCO)nc(NCCO)n1. The lowest BCUT2D eigenvalue weighted by molar-refractivity contribution is 0.310. The number of allylic oxidation sites excluding steroid dienone is 1. The fourth-order valence-electron chi connectivity index (χ4n) is 1.19. The molecule has 18 heavy (non-hydrogen) atoms. The van der Waals surface area contributed by atoms with Crippen LogP contribution in [0.25, 0.3) is 5.57 Å². The number of aliphatic hydroxyl groups excluding tert-OH is 2. The van der Waals surface area contributed by atoms with Gasteiger partial charge in [-0.3, -0.25) is 0 Å². The smallest absolute Gasteiger partial charge is 0.228 e. The van der Waals surface area contributed by atoms with Gasteiger partial charge in [0, 0.05) is 13.1 Å². The van der Waals surface area contributed by atoms with Crippen molar-refractivity contribution in [2.45, 2.75) is 13.3 Å². The van der Waals surface area contributed by atoms with E-state index in [9.17, 15) is 0 Å². The van der Waals surface area contributed by atoms with Gasteiger partial charge in [-0.05, 0) is 12.0 Å². The molecule has 0 spiro atoms. The summed E-state index contributed by atoms with van der Waals surface area (Å²) in [5.74, 6) is 1.27. The quantitative estimate of drug-likeness (QED) is 0.521. The van der Waals surface area contributed by atoms with Gasteiger partial charge in [0.1, 0.15) is 0 Å². The summed E-state index contributed by atoms with van der Waals surface area (Å²) < 4.78 is 0. The van der Waals surface area contributed by atoms with Gasteiger partial charge in [-0.2, -0.15) is 15.0 Å². The molecule has 0 bridgehead atoms. The molecule has 0 unspecified atom stereocenters. The number of aromatic nitrogens is 3. The Hall–Kier alpha value is -1.73. The molecule has 1 aromatic rings. The number of hydrogen-bond acceptors (Lipinski definition) is 7. The van der Waals surface area contributed by atoms with E-state index in [-0.39, 0.29) is 13.2 Å².